The minimum absolute atomic E-state index is 0.153. The number of carbonyl (C=O) groups is 1. The van der Waals surface area contributed by atoms with Crippen molar-refractivity contribution >= 4 is 21.6 Å². The highest BCUT2D eigenvalue weighted by Crippen LogP contribution is 2.22. The van der Waals surface area contributed by atoms with E-state index < -0.39 is 10.0 Å². The van der Waals surface area contributed by atoms with Crippen molar-refractivity contribution < 1.29 is 17.6 Å². The molecule has 0 saturated carbocycles. The average Bonchev–Trinajstić information content (AvgIpc) is 2.71. The van der Waals surface area contributed by atoms with Crippen molar-refractivity contribution in [2.45, 2.75) is 45.6 Å². The fourth-order valence-corrected chi connectivity index (χ4v) is 3.67. The molecule has 0 fully saturated rings. The van der Waals surface area contributed by atoms with E-state index in [9.17, 15) is 13.2 Å². The second-order valence-corrected chi connectivity index (χ2v) is 7.68. The highest BCUT2D eigenvalue weighted by atomic mass is 32.2. The summed E-state index contributed by atoms with van der Waals surface area (Å²) in [5.74, 6) is 0.986. The number of hydrogen-bond acceptors (Lipinski definition) is 4. The summed E-state index contributed by atoms with van der Waals surface area (Å²) < 4.78 is 32.1. The highest BCUT2D eigenvalue weighted by Gasteiger charge is 2.19. The summed E-state index contributed by atoms with van der Waals surface area (Å²) in [6.45, 7) is 8.88. The summed E-state index contributed by atoms with van der Waals surface area (Å²) in [6.07, 6.45) is 0. The summed E-state index contributed by atoms with van der Waals surface area (Å²) >= 11 is 0. The van der Waals surface area contributed by atoms with Crippen molar-refractivity contribution in [2.24, 2.45) is 0 Å². The van der Waals surface area contributed by atoms with Crippen LogP contribution in [0.15, 0.2) is 33.6 Å². The van der Waals surface area contributed by atoms with Gasteiger partial charge in [-0.15, -0.1) is 0 Å². The molecule has 0 radical (unpaired) electrons. The molecule has 0 aliphatic rings. The number of sulfonamides is 1. The Balaban J connectivity index is 2.19. The fourth-order valence-electron chi connectivity index (χ4n) is 2.42. The van der Waals surface area contributed by atoms with Crippen molar-refractivity contribution in [3.05, 3.63) is 46.9 Å². The van der Waals surface area contributed by atoms with Crippen LogP contribution in [0.25, 0.3) is 0 Å². The van der Waals surface area contributed by atoms with Crippen LogP contribution in [0.4, 0.5) is 5.69 Å². The van der Waals surface area contributed by atoms with E-state index in [-0.39, 0.29) is 16.8 Å². The Kier molecular flexibility index (Phi) is 5.15. The van der Waals surface area contributed by atoms with E-state index in [1.165, 1.54) is 12.1 Å². The highest BCUT2D eigenvalue weighted by molar-refractivity contribution is 7.89. The SMILES string of the molecule is Cc1oc(C)c(C(=O)Nc2ccc(S(=O)(=O)NC(C)C)cc2)c1C. The van der Waals surface area contributed by atoms with E-state index >= 15 is 0 Å². The Bertz CT molecular complexity index is 849. The Morgan fingerprint density at radius 2 is 1.62 bits per heavy atom. The summed E-state index contributed by atoms with van der Waals surface area (Å²) in [6, 6.07) is 5.85. The minimum atomic E-state index is -3.54. The lowest BCUT2D eigenvalue weighted by Gasteiger charge is -2.10. The quantitative estimate of drug-likeness (QED) is 0.867. The smallest absolute Gasteiger partial charge is 0.259 e. The van der Waals surface area contributed by atoms with Crippen LogP contribution in [-0.4, -0.2) is 20.4 Å². The van der Waals surface area contributed by atoms with Gasteiger partial charge in [-0.2, -0.15) is 0 Å². The van der Waals surface area contributed by atoms with Gasteiger partial charge in [0.15, 0.2) is 0 Å². The molecule has 1 amide bonds. The molecule has 2 aromatic rings. The Morgan fingerprint density at radius 3 is 2.08 bits per heavy atom. The van der Waals surface area contributed by atoms with Crippen molar-refractivity contribution in [2.75, 3.05) is 5.32 Å². The first-order valence-corrected chi connectivity index (χ1v) is 9.10. The first-order valence-electron chi connectivity index (χ1n) is 7.62. The molecular formula is C17H22N2O4S. The molecule has 1 aromatic carbocycles. The van der Waals surface area contributed by atoms with Gasteiger partial charge in [0.1, 0.15) is 11.5 Å². The molecule has 7 heteroatoms. The molecule has 0 unspecified atom stereocenters. The first kappa shape index (κ1) is 18.2. The Labute approximate surface area is 142 Å². The Hall–Kier alpha value is -2.12. The predicted molar refractivity (Wildman–Crippen MR) is 92.8 cm³/mol. The molecule has 2 N–H and O–H groups in total. The second kappa shape index (κ2) is 6.78. The molecule has 0 bridgehead atoms. The summed E-state index contributed by atoms with van der Waals surface area (Å²) in [7, 11) is -3.54. The maximum Gasteiger partial charge on any atom is 0.259 e. The van der Waals surface area contributed by atoms with Gasteiger partial charge >= 0.3 is 0 Å². The van der Waals surface area contributed by atoms with Gasteiger partial charge in [-0.05, 0) is 58.9 Å². The standard InChI is InChI=1S/C17H22N2O4S/c1-10(2)19-24(21,22)15-8-6-14(7-9-15)18-17(20)16-11(3)12(4)23-13(16)5/h6-10,19H,1-5H3,(H,18,20). The number of hydrogen-bond donors (Lipinski definition) is 2. The van der Waals surface area contributed by atoms with E-state index in [0.717, 1.165) is 5.56 Å². The Morgan fingerprint density at radius 1 is 1.04 bits per heavy atom. The lowest BCUT2D eigenvalue weighted by Crippen LogP contribution is -2.30. The number of amides is 1. The number of furan rings is 1. The molecule has 2 rings (SSSR count). The molecule has 0 spiro atoms. The average molecular weight is 350 g/mol. The summed E-state index contributed by atoms with van der Waals surface area (Å²) in [4.78, 5) is 12.5. The number of anilines is 1. The van der Waals surface area contributed by atoms with Gasteiger partial charge in [-0.25, -0.2) is 13.1 Å². The van der Waals surface area contributed by atoms with Gasteiger partial charge in [0.05, 0.1) is 10.5 Å². The van der Waals surface area contributed by atoms with Gasteiger partial charge < -0.3 is 9.73 Å². The first-order chi connectivity index (χ1) is 11.1. The zero-order valence-corrected chi connectivity index (χ0v) is 15.2. The van der Waals surface area contributed by atoms with Crippen LogP contribution in [-0.2, 0) is 10.0 Å². The molecule has 1 aromatic heterocycles. The van der Waals surface area contributed by atoms with Crippen LogP contribution >= 0.6 is 0 Å². The molecular weight excluding hydrogens is 328 g/mol. The monoisotopic (exact) mass is 350 g/mol. The van der Waals surface area contributed by atoms with Crippen LogP contribution < -0.4 is 10.0 Å². The molecule has 0 atom stereocenters. The van der Waals surface area contributed by atoms with Gasteiger partial charge in [0.2, 0.25) is 10.0 Å². The van der Waals surface area contributed by atoms with Crippen LogP contribution in [0.5, 0.6) is 0 Å². The van der Waals surface area contributed by atoms with Crippen LogP contribution in [0.1, 0.15) is 41.3 Å². The zero-order valence-electron chi connectivity index (χ0n) is 14.4. The normalized spacial score (nSPS) is 11.8. The van der Waals surface area contributed by atoms with Crippen molar-refractivity contribution in [3.8, 4) is 0 Å². The van der Waals surface area contributed by atoms with Crippen LogP contribution in [0.2, 0.25) is 0 Å². The van der Waals surface area contributed by atoms with E-state index in [2.05, 4.69) is 10.0 Å². The maximum absolute atomic E-state index is 12.4. The number of nitrogens with one attached hydrogen (secondary N) is 2. The number of carbonyl (C=O) groups excluding carboxylic acids is 1. The predicted octanol–water partition coefficient (Wildman–Crippen LogP) is 3.14. The van der Waals surface area contributed by atoms with Crippen LogP contribution in [0.3, 0.4) is 0 Å². The topological polar surface area (TPSA) is 88.4 Å². The van der Waals surface area contributed by atoms with Crippen molar-refractivity contribution in [1.29, 1.82) is 0 Å². The van der Waals surface area contributed by atoms with Gasteiger partial charge in [-0.3, -0.25) is 4.79 Å². The number of rotatable bonds is 5. The largest absolute Gasteiger partial charge is 0.466 e. The van der Waals surface area contributed by atoms with Gasteiger partial charge in [0.25, 0.3) is 5.91 Å². The van der Waals surface area contributed by atoms with E-state index in [1.54, 1.807) is 39.8 Å². The number of benzene rings is 1. The molecule has 0 aliphatic heterocycles. The third-order valence-electron chi connectivity index (χ3n) is 3.60. The zero-order chi connectivity index (χ0) is 18.1. The van der Waals surface area contributed by atoms with E-state index in [1.807, 2.05) is 6.92 Å². The molecule has 1 heterocycles. The van der Waals surface area contributed by atoms with Crippen molar-refractivity contribution in [3.63, 3.8) is 0 Å². The number of aryl methyl sites for hydroxylation is 2. The maximum atomic E-state index is 12.4. The minimum Gasteiger partial charge on any atom is -0.466 e. The molecule has 0 saturated heterocycles. The van der Waals surface area contributed by atoms with Gasteiger partial charge in [0, 0.05) is 17.3 Å². The third kappa shape index (κ3) is 3.85. The van der Waals surface area contributed by atoms with E-state index in [0.29, 0.717) is 22.8 Å². The second-order valence-electron chi connectivity index (χ2n) is 5.97. The van der Waals surface area contributed by atoms with Crippen LogP contribution in [0, 0.1) is 20.8 Å². The summed E-state index contributed by atoms with van der Waals surface area (Å²) in [5.41, 5.74) is 1.82. The fraction of sp³-hybridized carbons (Fsp3) is 0.353. The molecule has 24 heavy (non-hydrogen) atoms. The summed E-state index contributed by atoms with van der Waals surface area (Å²) in [5, 5.41) is 2.76. The lowest BCUT2D eigenvalue weighted by atomic mass is 10.1. The molecule has 130 valence electrons. The van der Waals surface area contributed by atoms with Crippen molar-refractivity contribution in [1.82, 2.24) is 4.72 Å². The molecule has 6 nitrogen and oxygen atoms in total. The van der Waals surface area contributed by atoms with Gasteiger partial charge in [-0.1, -0.05) is 0 Å². The molecule has 0 aliphatic carbocycles. The third-order valence-corrected chi connectivity index (χ3v) is 5.28. The lowest BCUT2D eigenvalue weighted by molar-refractivity contribution is 0.102. The van der Waals surface area contributed by atoms with E-state index in [4.69, 9.17) is 4.42 Å².